The van der Waals surface area contributed by atoms with Crippen molar-refractivity contribution in [2.24, 2.45) is 0 Å². The van der Waals surface area contributed by atoms with Crippen LogP contribution in [0.2, 0.25) is 5.15 Å². The number of hydrogen-bond donors (Lipinski definition) is 1. The van der Waals surface area contributed by atoms with Gasteiger partial charge in [0.2, 0.25) is 0 Å². The summed E-state index contributed by atoms with van der Waals surface area (Å²) >= 11 is 5.85. The van der Waals surface area contributed by atoms with Crippen LogP contribution in [0, 0.1) is 0 Å². The molecule has 0 spiro atoms. The third-order valence-electron chi connectivity index (χ3n) is 2.66. The molecule has 0 atom stereocenters. The zero-order chi connectivity index (χ0) is 12.9. The van der Waals surface area contributed by atoms with Crippen molar-refractivity contribution in [1.82, 2.24) is 15.0 Å². The highest BCUT2D eigenvalue weighted by Crippen LogP contribution is 2.34. The number of hydrogen-bond acceptors (Lipinski definition) is 2. The minimum absolute atomic E-state index is 0.185. The second kappa shape index (κ2) is 3.58. The van der Waals surface area contributed by atoms with E-state index in [0.29, 0.717) is 21.9 Å². The summed E-state index contributed by atoms with van der Waals surface area (Å²) in [4.78, 5) is 10.6. The van der Waals surface area contributed by atoms with E-state index in [4.69, 9.17) is 11.6 Å². The highest BCUT2D eigenvalue weighted by atomic mass is 35.5. The first-order valence-corrected chi connectivity index (χ1v) is 5.34. The third-order valence-corrected chi connectivity index (χ3v) is 2.95. The molecule has 2 aromatic heterocycles. The number of nitrogens with zero attached hydrogens (tertiary/aromatic N) is 2. The molecule has 1 N–H and O–H groups in total. The van der Waals surface area contributed by atoms with Crippen LogP contribution in [0.5, 0.6) is 0 Å². The largest absolute Gasteiger partial charge is 0.416 e. The maximum Gasteiger partial charge on any atom is 0.416 e. The summed E-state index contributed by atoms with van der Waals surface area (Å²) in [5, 5.41) is 0.564. The normalized spacial score (nSPS) is 12.4. The molecule has 18 heavy (non-hydrogen) atoms. The van der Waals surface area contributed by atoms with Crippen LogP contribution in [0.15, 0.2) is 24.5 Å². The Morgan fingerprint density at radius 3 is 2.67 bits per heavy atom. The molecule has 0 saturated heterocycles. The molecule has 0 aliphatic rings. The summed E-state index contributed by atoms with van der Waals surface area (Å²) < 4.78 is 37.9. The topological polar surface area (TPSA) is 41.6 Å². The number of alkyl halides is 3. The van der Waals surface area contributed by atoms with Gasteiger partial charge in [0.05, 0.1) is 5.56 Å². The average molecular weight is 272 g/mol. The minimum atomic E-state index is -4.38. The van der Waals surface area contributed by atoms with Crippen molar-refractivity contribution in [1.29, 1.82) is 0 Å². The van der Waals surface area contributed by atoms with Crippen molar-refractivity contribution >= 4 is 33.5 Å². The van der Waals surface area contributed by atoms with Gasteiger partial charge in [-0.05, 0) is 18.2 Å². The van der Waals surface area contributed by atoms with Crippen molar-refractivity contribution in [3.05, 3.63) is 35.2 Å². The number of H-pyrrole nitrogens is 1. The molecule has 0 saturated carbocycles. The SMILES string of the molecule is FC(F)(F)c1ccc2[nH]c3c(Cl)ncnc3c2c1. The van der Waals surface area contributed by atoms with Gasteiger partial charge in [-0.25, -0.2) is 9.97 Å². The fraction of sp³-hybridized carbons (Fsp3) is 0.0909. The molecule has 3 nitrogen and oxygen atoms in total. The molecule has 1 aromatic carbocycles. The van der Waals surface area contributed by atoms with Crippen molar-refractivity contribution in [2.45, 2.75) is 6.18 Å². The van der Waals surface area contributed by atoms with E-state index in [1.165, 1.54) is 12.4 Å². The van der Waals surface area contributed by atoms with Gasteiger partial charge in [0.15, 0.2) is 5.15 Å². The van der Waals surface area contributed by atoms with Crippen LogP contribution in [-0.4, -0.2) is 15.0 Å². The number of nitrogens with one attached hydrogen (secondary N) is 1. The maximum absolute atomic E-state index is 12.6. The highest BCUT2D eigenvalue weighted by molar-refractivity contribution is 6.34. The Bertz CT molecular complexity index is 748. The molecule has 0 bridgehead atoms. The van der Waals surface area contributed by atoms with Gasteiger partial charge in [0.25, 0.3) is 0 Å². The molecule has 0 fully saturated rings. The zero-order valence-electron chi connectivity index (χ0n) is 8.72. The van der Waals surface area contributed by atoms with E-state index < -0.39 is 11.7 Å². The van der Waals surface area contributed by atoms with Crippen LogP contribution in [0.3, 0.4) is 0 Å². The van der Waals surface area contributed by atoms with Crippen molar-refractivity contribution < 1.29 is 13.2 Å². The Kier molecular flexibility index (Phi) is 2.25. The van der Waals surface area contributed by atoms with E-state index in [9.17, 15) is 13.2 Å². The van der Waals surface area contributed by atoms with Crippen LogP contribution < -0.4 is 0 Å². The molecular weight excluding hydrogens is 267 g/mol. The number of halogens is 4. The van der Waals surface area contributed by atoms with Crippen LogP contribution in [0.1, 0.15) is 5.56 Å². The molecule has 3 rings (SSSR count). The molecule has 0 unspecified atom stereocenters. The van der Waals surface area contributed by atoms with E-state index in [0.717, 1.165) is 12.1 Å². The minimum Gasteiger partial charge on any atom is -0.351 e. The van der Waals surface area contributed by atoms with Crippen molar-refractivity contribution in [2.75, 3.05) is 0 Å². The number of rotatable bonds is 0. The van der Waals surface area contributed by atoms with Crippen molar-refractivity contribution in [3.8, 4) is 0 Å². The lowest BCUT2D eigenvalue weighted by Gasteiger charge is -2.05. The van der Waals surface area contributed by atoms with Gasteiger partial charge in [-0.2, -0.15) is 13.2 Å². The Labute approximate surface area is 104 Å². The molecule has 0 aliphatic carbocycles. The Hall–Kier alpha value is -1.82. The quantitative estimate of drug-likeness (QED) is 0.632. The first kappa shape index (κ1) is 11.3. The van der Waals surface area contributed by atoms with Crippen molar-refractivity contribution in [3.63, 3.8) is 0 Å². The molecule has 2 heterocycles. The van der Waals surface area contributed by atoms with Gasteiger partial charge in [-0.15, -0.1) is 0 Å². The second-order valence-corrected chi connectivity index (χ2v) is 4.13. The number of fused-ring (bicyclic) bond motifs is 3. The monoisotopic (exact) mass is 271 g/mol. The molecule has 0 radical (unpaired) electrons. The first-order chi connectivity index (χ1) is 8.47. The fourth-order valence-corrected chi connectivity index (χ4v) is 2.02. The lowest BCUT2D eigenvalue weighted by Crippen LogP contribution is -2.03. The molecule has 3 aromatic rings. The first-order valence-electron chi connectivity index (χ1n) is 4.96. The molecule has 92 valence electrons. The number of aromatic amines is 1. The zero-order valence-corrected chi connectivity index (χ0v) is 9.47. The van der Waals surface area contributed by atoms with E-state index in [-0.39, 0.29) is 5.15 Å². The lowest BCUT2D eigenvalue weighted by atomic mass is 10.1. The second-order valence-electron chi connectivity index (χ2n) is 3.77. The Morgan fingerprint density at radius 1 is 1.17 bits per heavy atom. The van der Waals surface area contributed by atoms with Crippen LogP contribution in [-0.2, 0) is 6.18 Å². The predicted molar refractivity (Wildman–Crippen MR) is 61.4 cm³/mol. The van der Waals surface area contributed by atoms with Gasteiger partial charge >= 0.3 is 6.18 Å². The number of aromatic nitrogens is 3. The predicted octanol–water partition coefficient (Wildman–Crippen LogP) is 3.78. The lowest BCUT2D eigenvalue weighted by molar-refractivity contribution is -0.137. The van der Waals surface area contributed by atoms with Crippen LogP contribution >= 0.6 is 11.6 Å². The van der Waals surface area contributed by atoms with E-state index in [1.807, 2.05) is 0 Å². The Balaban J connectivity index is 2.40. The maximum atomic E-state index is 12.6. The average Bonchev–Trinajstić information content (AvgIpc) is 2.67. The van der Waals surface area contributed by atoms with Crippen LogP contribution in [0.4, 0.5) is 13.2 Å². The smallest absolute Gasteiger partial charge is 0.351 e. The molecular formula is C11H5ClF3N3. The van der Waals surface area contributed by atoms with Gasteiger partial charge < -0.3 is 4.98 Å². The molecule has 0 aliphatic heterocycles. The van der Waals surface area contributed by atoms with Gasteiger partial charge in [-0.3, -0.25) is 0 Å². The summed E-state index contributed by atoms with van der Waals surface area (Å²) in [7, 11) is 0. The summed E-state index contributed by atoms with van der Waals surface area (Å²) in [5.41, 5.74) is 0.649. The van der Waals surface area contributed by atoms with Crippen LogP contribution in [0.25, 0.3) is 21.9 Å². The summed E-state index contributed by atoms with van der Waals surface area (Å²) in [6, 6.07) is 3.42. The van der Waals surface area contributed by atoms with Gasteiger partial charge in [-0.1, -0.05) is 11.6 Å². The Morgan fingerprint density at radius 2 is 1.94 bits per heavy atom. The summed E-state index contributed by atoms with van der Waals surface area (Å²) in [6.45, 7) is 0. The molecule has 7 heteroatoms. The van der Waals surface area contributed by atoms with E-state index >= 15 is 0 Å². The highest BCUT2D eigenvalue weighted by Gasteiger charge is 2.30. The van der Waals surface area contributed by atoms with Gasteiger partial charge in [0, 0.05) is 10.9 Å². The number of benzene rings is 1. The summed E-state index contributed by atoms with van der Waals surface area (Å²) in [6.07, 6.45) is -3.16. The van der Waals surface area contributed by atoms with E-state index in [1.54, 1.807) is 0 Å². The van der Waals surface area contributed by atoms with Gasteiger partial charge in [0.1, 0.15) is 17.4 Å². The third kappa shape index (κ3) is 1.60. The van der Waals surface area contributed by atoms with E-state index in [2.05, 4.69) is 15.0 Å². The molecule has 0 amide bonds. The summed E-state index contributed by atoms with van der Waals surface area (Å²) in [5.74, 6) is 0. The standard InChI is InChI=1S/C11H5ClF3N3/c12-10-9-8(16-4-17-10)6-3-5(11(13,14)15)1-2-7(6)18-9/h1-4,18H. The fourth-order valence-electron chi connectivity index (χ4n) is 1.84.